The third-order valence-electron chi connectivity index (χ3n) is 6.79. The molecule has 1 amide bonds. The number of carbonyl (C=O) groups excluding carboxylic acids is 3. The summed E-state index contributed by atoms with van der Waals surface area (Å²) in [5.41, 5.74) is -1.55. The fourth-order valence-electron chi connectivity index (χ4n) is 4.65. The number of benzene rings is 1. The van der Waals surface area contributed by atoms with E-state index >= 15 is 4.39 Å². The van der Waals surface area contributed by atoms with Crippen LogP contribution in [0.1, 0.15) is 25.3 Å². The van der Waals surface area contributed by atoms with E-state index < -0.39 is 22.8 Å². The van der Waals surface area contributed by atoms with Gasteiger partial charge in [0.05, 0.1) is 30.5 Å². The van der Waals surface area contributed by atoms with E-state index in [9.17, 15) is 18.8 Å². The van der Waals surface area contributed by atoms with Crippen LogP contribution in [0.5, 0.6) is 0 Å². The van der Waals surface area contributed by atoms with Gasteiger partial charge in [0.1, 0.15) is 23.0 Å². The second-order valence-corrected chi connectivity index (χ2v) is 10.0. The highest BCUT2D eigenvalue weighted by Crippen LogP contribution is 2.48. The molecule has 2 aliphatic heterocycles. The molecule has 2 unspecified atom stereocenters. The molecule has 2 heterocycles. The Kier molecular flexibility index (Phi) is 6.86. The number of halogens is 2. The molecule has 186 valence electrons. The Morgan fingerprint density at radius 2 is 1.83 bits per heavy atom. The minimum absolute atomic E-state index is 0.0109. The van der Waals surface area contributed by atoms with E-state index in [2.05, 4.69) is 9.13 Å². The van der Waals surface area contributed by atoms with Crippen LogP contribution in [0.15, 0.2) is 52.1 Å². The molecule has 0 radical (unpaired) electrons. The number of rotatable bonds is 6. The number of esters is 1. The molecule has 1 aliphatic carbocycles. The highest BCUT2D eigenvalue weighted by atomic mass is 32.2. The zero-order chi connectivity index (χ0) is 25.4. The molecule has 1 aromatic carbocycles. The zero-order valence-corrected chi connectivity index (χ0v) is 20.5. The van der Waals surface area contributed by atoms with Crippen molar-refractivity contribution >= 4 is 35.3 Å². The first-order valence-electron chi connectivity index (χ1n) is 11.2. The Balaban J connectivity index is 1.51. The van der Waals surface area contributed by atoms with Crippen LogP contribution < -0.4 is 0 Å². The number of alkyl halides is 1. The summed E-state index contributed by atoms with van der Waals surface area (Å²) in [6, 6.07) is 5.76. The molecule has 3 aliphatic rings. The summed E-state index contributed by atoms with van der Waals surface area (Å²) in [7, 11) is 2.57. The number of nitrogens with zero attached hydrogens (tertiary/aromatic N) is 2. The van der Waals surface area contributed by atoms with Gasteiger partial charge in [-0.2, -0.15) is 0 Å². The average molecular weight is 505 g/mol. The predicted molar refractivity (Wildman–Crippen MR) is 127 cm³/mol. The Morgan fingerprint density at radius 3 is 2.43 bits per heavy atom. The second kappa shape index (κ2) is 9.56. The fourth-order valence-corrected chi connectivity index (χ4v) is 5.73. The third-order valence-corrected chi connectivity index (χ3v) is 7.93. The van der Waals surface area contributed by atoms with E-state index in [4.69, 9.17) is 4.74 Å². The summed E-state index contributed by atoms with van der Waals surface area (Å²) in [6.45, 7) is 2.13. The van der Waals surface area contributed by atoms with Gasteiger partial charge in [0, 0.05) is 19.5 Å². The summed E-state index contributed by atoms with van der Waals surface area (Å²) >= 11 is 1.12. The second-order valence-electron chi connectivity index (χ2n) is 9.11. The number of hydrogen-bond donors (Lipinski definition) is 0. The minimum Gasteiger partial charge on any atom is -0.496 e. The highest BCUT2D eigenvalue weighted by molar-refractivity contribution is 7.99. The number of fused-ring (bicyclic) bond motifs is 1. The molecule has 10 heteroatoms. The normalized spacial score (nSPS) is 25.1. The van der Waals surface area contributed by atoms with Crippen molar-refractivity contribution < 1.29 is 32.6 Å². The van der Waals surface area contributed by atoms with Crippen molar-refractivity contribution in [2.45, 2.75) is 37.1 Å². The zero-order valence-electron chi connectivity index (χ0n) is 19.7. The van der Waals surface area contributed by atoms with Crippen molar-refractivity contribution in [2.24, 2.45) is 9.81 Å². The van der Waals surface area contributed by atoms with Gasteiger partial charge in [-0.3, -0.25) is 9.59 Å². The smallest absolute Gasteiger partial charge is 0.380 e. The number of hydrogen-bond acceptors (Lipinski definition) is 7. The largest absolute Gasteiger partial charge is 0.496 e. The van der Waals surface area contributed by atoms with Crippen molar-refractivity contribution in [3.63, 3.8) is 0 Å². The lowest BCUT2D eigenvalue weighted by atomic mass is 9.74. The molecular formula is C25H26F2N2O5S. The Morgan fingerprint density at radius 1 is 1.17 bits per heavy atom. The Bertz CT molecular complexity index is 1140. The maximum absolute atomic E-state index is 15.5. The number of ether oxygens (including phenoxy) is 2. The number of carbonyl (C=O) groups is 3. The van der Waals surface area contributed by atoms with E-state index in [0.717, 1.165) is 19.1 Å². The number of Topliss-reactive ketones (excluding diaryl/α,β-unsaturated/α-hetero) is 1. The van der Waals surface area contributed by atoms with Crippen LogP contribution in [0, 0.1) is 11.2 Å². The standard InChI is InChI=1S/C25H26F2N2O5S/c1-24-14-17(18(33-2)12-19(24)35-28-21(24)20(30)23(32)34-3)22(31)29-10-8-25(27,9-11-29)13-15-4-6-16(26)7-5-15/h4-7,12,14,19H,8-11,13H2,1-3H3. The monoisotopic (exact) mass is 504 g/mol. The summed E-state index contributed by atoms with van der Waals surface area (Å²) in [4.78, 5) is 39.4. The van der Waals surface area contributed by atoms with Gasteiger partial charge in [0.25, 0.3) is 11.7 Å². The lowest BCUT2D eigenvalue weighted by molar-refractivity contribution is -0.148. The number of piperidine rings is 1. The van der Waals surface area contributed by atoms with Gasteiger partial charge in [-0.1, -0.05) is 18.2 Å². The molecule has 1 aromatic rings. The number of likely N-dealkylation sites (tertiary alicyclic amines) is 1. The van der Waals surface area contributed by atoms with Crippen LogP contribution in [-0.2, 0) is 30.3 Å². The Hall–Kier alpha value is -3.01. The van der Waals surface area contributed by atoms with Gasteiger partial charge in [-0.25, -0.2) is 18.0 Å². The van der Waals surface area contributed by atoms with Crippen LogP contribution in [0.4, 0.5) is 8.78 Å². The summed E-state index contributed by atoms with van der Waals surface area (Å²) in [6.07, 6.45) is 3.76. The maximum Gasteiger partial charge on any atom is 0.380 e. The average Bonchev–Trinajstić information content (AvgIpc) is 3.19. The first-order chi connectivity index (χ1) is 16.6. The number of allylic oxidation sites excluding steroid dienone is 1. The Labute approximate surface area is 206 Å². The predicted octanol–water partition coefficient (Wildman–Crippen LogP) is 3.39. The van der Waals surface area contributed by atoms with Crippen molar-refractivity contribution in [1.29, 1.82) is 0 Å². The molecule has 35 heavy (non-hydrogen) atoms. The first-order valence-corrected chi connectivity index (χ1v) is 12.0. The van der Waals surface area contributed by atoms with Crippen molar-refractivity contribution in [3.05, 3.63) is 59.1 Å². The van der Waals surface area contributed by atoms with E-state index in [1.807, 2.05) is 0 Å². The molecule has 7 nitrogen and oxygen atoms in total. The molecule has 0 aromatic heterocycles. The molecule has 4 rings (SSSR count). The SMILES string of the molecule is COC(=O)C(=O)C1=NSC2C=C(OC)C(C(=O)N3CCC(F)(Cc4ccc(F)cc4)CC3)=CC12C. The van der Waals surface area contributed by atoms with Gasteiger partial charge in [0.2, 0.25) is 0 Å². The van der Waals surface area contributed by atoms with Gasteiger partial charge < -0.3 is 14.4 Å². The maximum atomic E-state index is 15.5. The van der Waals surface area contributed by atoms with Gasteiger partial charge in [0.15, 0.2) is 0 Å². The molecular weight excluding hydrogens is 478 g/mol. The number of methoxy groups -OCH3 is 2. The quantitative estimate of drug-likeness (QED) is 0.336. The highest BCUT2D eigenvalue weighted by Gasteiger charge is 2.50. The molecule has 0 spiro atoms. The van der Waals surface area contributed by atoms with Crippen LogP contribution >= 0.6 is 11.9 Å². The van der Waals surface area contributed by atoms with Gasteiger partial charge in [-0.15, -0.1) is 0 Å². The summed E-state index contributed by atoms with van der Waals surface area (Å²) < 4.78 is 42.9. The summed E-state index contributed by atoms with van der Waals surface area (Å²) in [5, 5.41) is -0.340. The van der Waals surface area contributed by atoms with Gasteiger partial charge in [-0.05, 0) is 55.5 Å². The van der Waals surface area contributed by atoms with Crippen LogP contribution in [0.25, 0.3) is 0 Å². The molecule has 0 bridgehead atoms. The van der Waals surface area contributed by atoms with Gasteiger partial charge >= 0.3 is 5.97 Å². The van der Waals surface area contributed by atoms with Crippen LogP contribution in [0.3, 0.4) is 0 Å². The van der Waals surface area contributed by atoms with Crippen LogP contribution in [0.2, 0.25) is 0 Å². The fraction of sp³-hybridized carbons (Fsp3) is 0.440. The van der Waals surface area contributed by atoms with E-state index in [1.165, 1.54) is 19.2 Å². The minimum atomic E-state index is -1.50. The van der Waals surface area contributed by atoms with Crippen molar-refractivity contribution in [2.75, 3.05) is 27.3 Å². The molecule has 1 saturated heterocycles. The van der Waals surface area contributed by atoms with Crippen molar-refractivity contribution in [3.8, 4) is 0 Å². The first kappa shape index (κ1) is 25.1. The summed E-state index contributed by atoms with van der Waals surface area (Å²) in [5.74, 6) is -2.25. The molecule has 2 atom stereocenters. The number of amides is 1. The lowest BCUT2D eigenvalue weighted by Crippen LogP contribution is -2.47. The van der Waals surface area contributed by atoms with E-state index in [1.54, 1.807) is 36.1 Å². The molecule has 0 saturated carbocycles. The van der Waals surface area contributed by atoms with E-state index in [-0.39, 0.29) is 60.6 Å². The van der Waals surface area contributed by atoms with Crippen molar-refractivity contribution in [1.82, 2.24) is 4.90 Å². The van der Waals surface area contributed by atoms with Crippen LogP contribution in [-0.4, -0.2) is 66.5 Å². The topological polar surface area (TPSA) is 85.3 Å². The van der Waals surface area contributed by atoms with E-state index in [0.29, 0.717) is 11.3 Å². The molecule has 0 N–H and O–H groups in total. The lowest BCUT2D eigenvalue weighted by Gasteiger charge is -2.38. The molecule has 1 fully saturated rings. The third kappa shape index (κ3) is 4.76. The number of ketones is 1.